The smallest absolute Gasteiger partial charge is 0.161 e. The van der Waals surface area contributed by atoms with E-state index in [-0.39, 0.29) is 5.75 Å². The molecule has 18 heavy (non-hydrogen) atoms. The monoisotopic (exact) mass is 253 g/mol. The third kappa shape index (κ3) is 4.94. The van der Waals surface area contributed by atoms with E-state index in [1.165, 1.54) is 0 Å². The zero-order valence-electron chi connectivity index (χ0n) is 11.4. The molecule has 0 heterocycles. The Labute approximate surface area is 109 Å². The number of phenolic OH excluding ortho intramolecular Hbond substituents is 1. The van der Waals surface area contributed by atoms with Crippen LogP contribution in [0.15, 0.2) is 18.2 Å². The van der Waals surface area contributed by atoms with Gasteiger partial charge < -0.3 is 19.9 Å². The molecule has 1 aromatic rings. The second-order valence-electron chi connectivity index (χ2n) is 4.30. The standard InChI is InChI=1S/C14H23NO3/c1-4-18-14-9-12(5-6-13(14)16)10-15-11(2)7-8-17-3/h5-6,9,11,15-16H,4,7-8,10H2,1-3H3. The van der Waals surface area contributed by atoms with Crippen LogP contribution in [0.2, 0.25) is 0 Å². The van der Waals surface area contributed by atoms with E-state index in [1.807, 2.05) is 19.1 Å². The van der Waals surface area contributed by atoms with Crippen LogP contribution < -0.4 is 10.1 Å². The minimum absolute atomic E-state index is 0.188. The van der Waals surface area contributed by atoms with Crippen LogP contribution in [0.1, 0.15) is 25.8 Å². The second kappa shape index (κ2) is 7.95. The zero-order valence-corrected chi connectivity index (χ0v) is 11.4. The highest BCUT2D eigenvalue weighted by atomic mass is 16.5. The molecule has 0 aromatic heterocycles. The summed E-state index contributed by atoms with van der Waals surface area (Å²) in [5.41, 5.74) is 1.10. The summed E-state index contributed by atoms with van der Waals surface area (Å²) in [5.74, 6) is 0.731. The molecule has 0 saturated carbocycles. The van der Waals surface area contributed by atoms with Crippen molar-refractivity contribution in [3.8, 4) is 11.5 Å². The van der Waals surface area contributed by atoms with Crippen molar-refractivity contribution in [1.29, 1.82) is 0 Å². The predicted molar refractivity (Wildman–Crippen MR) is 72.1 cm³/mol. The average Bonchev–Trinajstić information content (AvgIpc) is 2.37. The summed E-state index contributed by atoms with van der Waals surface area (Å²) in [6, 6.07) is 5.83. The normalized spacial score (nSPS) is 12.4. The van der Waals surface area contributed by atoms with Gasteiger partial charge in [0.1, 0.15) is 0 Å². The van der Waals surface area contributed by atoms with Crippen molar-refractivity contribution in [2.45, 2.75) is 32.9 Å². The van der Waals surface area contributed by atoms with Gasteiger partial charge >= 0.3 is 0 Å². The van der Waals surface area contributed by atoms with Gasteiger partial charge in [-0.3, -0.25) is 0 Å². The van der Waals surface area contributed by atoms with Gasteiger partial charge in [0.2, 0.25) is 0 Å². The highest BCUT2D eigenvalue weighted by Crippen LogP contribution is 2.26. The van der Waals surface area contributed by atoms with E-state index < -0.39 is 0 Å². The molecule has 0 aliphatic heterocycles. The Hall–Kier alpha value is -1.26. The van der Waals surface area contributed by atoms with Gasteiger partial charge in [-0.1, -0.05) is 6.07 Å². The lowest BCUT2D eigenvalue weighted by molar-refractivity contribution is 0.184. The Bertz CT molecular complexity index is 355. The first kappa shape index (κ1) is 14.8. The number of ether oxygens (including phenoxy) is 2. The lowest BCUT2D eigenvalue weighted by Crippen LogP contribution is -2.26. The highest BCUT2D eigenvalue weighted by molar-refractivity contribution is 5.41. The maximum Gasteiger partial charge on any atom is 0.161 e. The topological polar surface area (TPSA) is 50.7 Å². The molecule has 0 aliphatic carbocycles. The first-order valence-corrected chi connectivity index (χ1v) is 6.34. The molecule has 1 aromatic carbocycles. The Morgan fingerprint density at radius 2 is 2.17 bits per heavy atom. The van der Waals surface area contributed by atoms with Crippen molar-refractivity contribution >= 4 is 0 Å². The molecule has 0 amide bonds. The van der Waals surface area contributed by atoms with Gasteiger partial charge in [-0.2, -0.15) is 0 Å². The second-order valence-corrected chi connectivity index (χ2v) is 4.30. The molecule has 1 rings (SSSR count). The average molecular weight is 253 g/mol. The van der Waals surface area contributed by atoms with Crippen molar-refractivity contribution in [3.63, 3.8) is 0 Å². The third-order valence-electron chi connectivity index (χ3n) is 2.73. The van der Waals surface area contributed by atoms with Gasteiger partial charge in [0.05, 0.1) is 6.61 Å². The minimum atomic E-state index is 0.188. The van der Waals surface area contributed by atoms with E-state index in [0.717, 1.165) is 25.1 Å². The quantitative estimate of drug-likeness (QED) is 0.746. The molecule has 1 unspecified atom stereocenters. The fraction of sp³-hybridized carbons (Fsp3) is 0.571. The molecule has 2 N–H and O–H groups in total. The molecule has 0 radical (unpaired) electrons. The van der Waals surface area contributed by atoms with Crippen LogP contribution in [0, 0.1) is 0 Å². The van der Waals surface area contributed by atoms with Crippen molar-refractivity contribution in [3.05, 3.63) is 23.8 Å². The van der Waals surface area contributed by atoms with E-state index >= 15 is 0 Å². The van der Waals surface area contributed by atoms with Gasteiger partial charge in [-0.15, -0.1) is 0 Å². The number of hydrogen-bond donors (Lipinski definition) is 2. The third-order valence-corrected chi connectivity index (χ3v) is 2.73. The van der Waals surface area contributed by atoms with E-state index in [9.17, 15) is 5.11 Å². The van der Waals surface area contributed by atoms with Crippen molar-refractivity contribution in [2.24, 2.45) is 0 Å². The summed E-state index contributed by atoms with van der Waals surface area (Å²) in [7, 11) is 1.71. The van der Waals surface area contributed by atoms with Gasteiger partial charge in [0.25, 0.3) is 0 Å². The molecule has 4 nitrogen and oxygen atoms in total. The molecule has 0 aliphatic rings. The summed E-state index contributed by atoms with van der Waals surface area (Å²) < 4.78 is 10.4. The lowest BCUT2D eigenvalue weighted by Gasteiger charge is -2.14. The fourth-order valence-corrected chi connectivity index (χ4v) is 1.63. The van der Waals surface area contributed by atoms with Crippen molar-refractivity contribution < 1.29 is 14.6 Å². The maximum absolute atomic E-state index is 9.60. The van der Waals surface area contributed by atoms with E-state index in [1.54, 1.807) is 13.2 Å². The molecule has 0 bridgehead atoms. The lowest BCUT2D eigenvalue weighted by atomic mass is 10.1. The van der Waals surface area contributed by atoms with E-state index in [0.29, 0.717) is 18.4 Å². The summed E-state index contributed by atoms with van der Waals surface area (Å²) in [6.07, 6.45) is 0.979. The number of methoxy groups -OCH3 is 1. The number of aromatic hydroxyl groups is 1. The zero-order chi connectivity index (χ0) is 13.4. The van der Waals surface area contributed by atoms with Crippen molar-refractivity contribution in [2.75, 3.05) is 20.3 Å². The van der Waals surface area contributed by atoms with Crippen LogP contribution in [0.3, 0.4) is 0 Å². The first-order valence-electron chi connectivity index (χ1n) is 6.34. The molecular weight excluding hydrogens is 230 g/mol. The molecule has 102 valence electrons. The Morgan fingerprint density at radius 1 is 1.39 bits per heavy atom. The Balaban J connectivity index is 2.49. The molecule has 0 spiro atoms. The maximum atomic E-state index is 9.60. The number of hydrogen-bond acceptors (Lipinski definition) is 4. The van der Waals surface area contributed by atoms with Gasteiger partial charge in [-0.05, 0) is 38.0 Å². The van der Waals surface area contributed by atoms with Gasteiger partial charge in [0, 0.05) is 26.3 Å². The molecular formula is C14H23NO3. The molecule has 0 fully saturated rings. The van der Waals surface area contributed by atoms with E-state index in [2.05, 4.69) is 12.2 Å². The number of nitrogens with one attached hydrogen (secondary N) is 1. The number of benzene rings is 1. The molecule has 4 heteroatoms. The summed E-state index contributed by atoms with van der Waals surface area (Å²) >= 11 is 0. The van der Waals surface area contributed by atoms with Crippen LogP contribution in [-0.2, 0) is 11.3 Å². The summed E-state index contributed by atoms with van der Waals surface area (Å²) in [4.78, 5) is 0. The van der Waals surface area contributed by atoms with Crippen LogP contribution in [-0.4, -0.2) is 31.5 Å². The predicted octanol–water partition coefficient (Wildman–Crippen LogP) is 2.31. The number of phenols is 1. The van der Waals surface area contributed by atoms with Crippen LogP contribution >= 0.6 is 0 Å². The van der Waals surface area contributed by atoms with E-state index in [4.69, 9.17) is 9.47 Å². The Kier molecular flexibility index (Phi) is 6.54. The van der Waals surface area contributed by atoms with Crippen LogP contribution in [0.4, 0.5) is 0 Å². The fourth-order valence-electron chi connectivity index (χ4n) is 1.63. The SMILES string of the molecule is CCOc1cc(CNC(C)CCOC)ccc1O. The van der Waals surface area contributed by atoms with Crippen molar-refractivity contribution in [1.82, 2.24) is 5.32 Å². The van der Waals surface area contributed by atoms with Gasteiger partial charge in [0.15, 0.2) is 11.5 Å². The first-order chi connectivity index (χ1) is 8.67. The molecule has 0 saturated heterocycles. The summed E-state index contributed by atoms with van der Waals surface area (Å²) in [6.45, 7) is 6.09. The van der Waals surface area contributed by atoms with Crippen LogP contribution in [0.25, 0.3) is 0 Å². The minimum Gasteiger partial charge on any atom is -0.504 e. The highest BCUT2D eigenvalue weighted by Gasteiger charge is 2.05. The number of rotatable bonds is 8. The van der Waals surface area contributed by atoms with Crippen LogP contribution in [0.5, 0.6) is 11.5 Å². The van der Waals surface area contributed by atoms with Gasteiger partial charge in [-0.25, -0.2) is 0 Å². The Morgan fingerprint density at radius 3 is 2.83 bits per heavy atom. The summed E-state index contributed by atoms with van der Waals surface area (Å²) in [5, 5.41) is 13.0. The molecule has 1 atom stereocenters. The largest absolute Gasteiger partial charge is 0.504 e.